The van der Waals surface area contributed by atoms with E-state index in [1.54, 1.807) is 0 Å². The van der Waals surface area contributed by atoms with E-state index in [0.717, 1.165) is 45.6 Å². The summed E-state index contributed by atoms with van der Waals surface area (Å²) in [4.78, 5) is 0. The molecule has 0 aromatic heterocycles. The van der Waals surface area contributed by atoms with Crippen molar-refractivity contribution in [1.82, 2.24) is 5.32 Å². The van der Waals surface area contributed by atoms with Gasteiger partial charge >= 0.3 is 0 Å². The molecule has 2 rings (SSSR count). The molecule has 2 fully saturated rings. The van der Waals surface area contributed by atoms with Crippen LogP contribution in [0.3, 0.4) is 0 Å². The van der Waals surface area contributed by atoms with Crippen molar-refractivity contribution in [3.05, 3.63) is 0 Å². The highest BCUT2D eigenvalue weighted by molar-refractivity contribution is 7.86. The Bertz CT molecular complexity index is 254. The van der Waals surface area contributed by atoms with Gasteiger partial charge in [-0.2, -0.15) is 0 Å². The van der Waals surface area contributed by atoms with Crippen LogP contribution in [0.25, 0.3) is 0 Å². The molecular formula is C12H23NO3S. The molecule has 2 saturated heterocycles. The lowest BCUT2D eigenvalue weighted by atomic mass is 10.1. The fraction of sp³-hybridized carbons (Fsp3) is 1.00. The Balaban J connectivity index is 1.94. The first-order valence-electron chi connectivity index (χ1n) is 6.61. The Morgan fingerprint density at radius 2 is 1.88 bits per heavy atom. The highest BCUT2D eigenvalue weighted by Gasteiger charge is 2.34. The minimum atomic E-state index is -0.792. The third-order valence-electron chi connectivity index (χ3n) is 3.57. The zero-order valence-corrected chi connectivity index (χ0v) is 11.3. The van der Waals surface area contributed by atoms with Crippen LogP contribution in [0.15, 0.2) is 0 Å². The average Bonchev–Trinajstić information content (AvgIpc) is 2.40. The zero-order chi connectivity index (χ0) is 12.1. The van der Waals surface area contributed by atoms with Crippen LogP contribution in [0.2, 0.25) is 0 Å². The predicted octanol–water partition coefficient (Wildman–Crippen LogP) is 0.681. The fourth-order valence-electron chi connectivity index (χ4n) is 2.59. The fourth-order valence-corrected chi connectivity index (χ4v) is 4.53. The summed E-state index contributed by atoms with van der Waals surface area (Å²) in [6.07, 6.45) is 2.84. The number of hydrogen-bond donors (Lipinski definition) is 1. The van der Waals surface area contributed by atoms with Crippen LogP contribution in [0.1, 0.15) is 26.2 Å². The molecule has 5 heteroatoms. The topological polar surface area (TPSA) is 47.6 Å². The maximum absolute atomic E-state index is 12.6. The van der Waals surface area contributed by atoms with Gasteiger partial charge in [0.15, 0.2) is 0 Å². The number of hydrogen-bond acceptors (Lipinski definition) is 4. The van der Waals surface area contributed by atoms with E-state index in [1.807, 2.05) is 0 Å². The summed E-state index contributed by atoms with van der Waals surface area (Å²) in [5.41, 5.74) is 0. The Hall–Kier alpha value is 0.0300. The van der Waals surface area contributed by atoms with Crippen molar-refractivity contribution in [1.29, 1.82) is 0 Å². The van der Waals surface area contributed by atoms with Crippen LogP contribution >= 0.6 is 0 Å². The van der Waals surface area contributed by atoms with Crippen LogP contribution in [-0.4, -0.2) is 53.7 Å². The molecule has 0 aromatic carbocycles. The Morgan fingerprint density at radius 3 is 2.59 bits per heavy atom. The summed E-state index contributed by atoms with van der Waals surface area (Å²) in [5, 5.41) is 3.91. The lowest BCUT2D eigenvalue weighted by Crippen LogP contribution is -2.51. The second-order valence-electron chi connectivity index (χ2n) is 4.71. The molecule has 2 heterocycles. The average molecular weight is 261 g/mol. The quantitative estimate of drug-likeness (QED) is 0.808. The standard InChI is InChI=1S/C12H23NO3S/c1-2-13-11-5-8-16-9-12(11)17(14)10-3-6-15-7-4-10/h10-13H,2-9H2,1H3. The molecule has 3 unspecified atom stereocenters. The first kappa shape index (κ1) is 13.5. The lowest BCUT2D eigenvalue weighted by molar-refractivity contribution is 0.0798. The smallest absolute Gasteiger partial charge is 0.0738 e. The molecule has 0 aliphatic carbocycles. The molecule has 0 aromatic rings. The molecule has 17 heavy (non-hydrogen) atoms. The number of ether oxygens (including phenoxy) is 2. The van der Waals surface area contributed by atoms with Crippen molar-refractivity contribution in [2.75, 3.05) is 33.0 Å². The van der Waals surface area contributed by atoms with Crippen molar-refractivity contribution in [2.45, 2.75) is 42.7 Å². The van der Waals surface area contributed by atoms with Gasteiger partial charge < -0.3 is 14.8 Å². The lowest BCUT2D eigenvalue weighted by Gasteiger charge is -2.34. The van der Waals surface area contributed by atoms with E-state index in [2.05, 4.69) is 12.2 Å². The van der Waals surface area contributed by atoms with E-state index in [-0.39, 0.29) is 5.25 Å². The van der Waals surface area contributed by atoms with Crippen molar-refractivity contribution in [3.8, 4) is 0 Å². The van der Waals surface area contributed by atoms with Crippen LogP contribution in [0.4, 0.5) is 0 Å². The van der Waals surface area contributed by atoms with Crippen LogP contribution < -0.4 is 5.32 Å². The molecule has 4 nitrogen and oxygen atoms in total. The minimum absolute atomic E-state index is 0.159. The van der Waals surface area contributed by atoms with Gasteiger partial charge in [0.1, 0.15) is 0 Å². The van der Waals surface area contributed by atoms with E-state index in [0.29, 0.717) is 17.9 Å². The van der Waals surface area contributed by atoms with Gasteiger partial charge in [0.05, 0.1) is 11.9 Å². The van der Waals surface area contributed by atoms with Crippen LogP contribution in [-0.2, 0) is 20.3 Å². The van der Waals surface area contributed by atoms with Gasteiger partial charge in [0.2, 0.25) is 0 Å². The molecule has 0 spiro atoms. The first-order chi connectivity index (χ1) is 8.33. The van der Waals surface area contributed by atoms with Crippen LogP contribution in [0, 0.1) is 0 Å². The number of rotatable bonds is 4. The monoisotopic (exact) mass is 261 g/mol. The van der Waals surface area contributed by atoms with E-state index >= 15 is 0 Å². The van der Waals surface area contributed by atoms with Crippen molar-refractivity contribution < 1.29 is 13.7 Å². The van der Waals surface area contributed by atoms with Crippen LogP contribution in [0.5, 0.6) is 0 Å². The number of nitrogens with one attached hydrogen (secondary N) is 1. The van der Waals surface area contributed by atoms with Gasteiger partial charge in [-0.3, -0.25) is 4.21 Å². The minimum Gasteiger partial charge on any atom is -0.381 e. The molecule has 3 atom stereocenters. The highest BCUT2D eigenvalue weighted by atomic mass is 32.2. The first-order valence-corrected chi connectivity index (χ1v) is 7.88. The summed E-state index contributed by atoms with van der Waals surface area (Å²) in [5.74, 6) is 0. The van der Waals surface area contributed by atoms with Crippen molar-refractivity contribution in [3.63, 3.8) is 0 Å². The van der Waals surface area contributed by atoms with Gasteiger partial charge in [0, 0.05) is 41.9 Å². The second kappa shape index (κ2) is 6.83. The molecule has 0 amide bonds. The van der Waals surface area contributed by atoms with Crippen molar-refractivity contribution >= 4 is 10.8 Å². The summed E-state index contributed by atoms with van der Waals surface area (Å²) < 4.78 is 23.4. The van der Waals surface area contributed by atoms with Gasteiger partial charge in [0.25, 0.3) is 0 Å². The van der Waals surface area contributed by atoms with Gasteiger partial charge in [-0.1, -0.05) is 6.92 Å². The maximum Gasteiger partial charge on any atom is 0.0738 e. The van der Waals surface area contributed by atoms with E-state index < -0.39 is 10.8 Å². The predicted molar refractivity (Wildman–Crippen MR) is 68.7 cm³/mol. The van der Waals surface area contributed by atoms with E-state index in [9.17, 15) is 4.21 Å². The summed E-state index contributed by atoms with van der Waals surface area (Å²) in [7, 11) is -0.792. The molecule has 100 valence electrons. The van der Waals surface area contributed by atoms with Gasteiger partial charge in [-0.25, -0.2) is 0 Å². The molecular weight excluding hydrogens is 238 g/mol. The molecule has 0 bridgehead atoms. The van der Waals surface area contributed by atoms with E-state index in [1.165, 1.54) is 0 Å². The van der Waals surface area contributed by atoms with E-state index in [4.69, 9.17) is 9.47 Å². The molecule has 0 radical (unpaired) electrons. The summed E-state index contributed by atoms with van der Waals surface area (Å²) >= 11 is 0. The highest BCUT2D eigenvalue weighted by Crippen LogP contribution is 2.22. The molecule has 2 aliphatic heterocycles. The third kappa shape index (κ3) is 3.50. The second-order valence-corrected chi connectivity index (χ2v) is 6.64. The normalized spacial score (nSPS) is 33.5. The van der Waals surface area contributed by atoms with Gasteiger partial charge in [-0.05, 0) is 25.8 Å². The zero-order valence-electron chi connectivity index (χ0n) is 10.5. The largest absolute Gasteiger partial charge is 0.381 e. The van der Waals surface area contributed by atoms with Gasteiger partial charge in [-0.15, -0.1) is 0 Å². The molecule has 0 saturated carbocycles. The SMILES string of the molecule is CCNC1CCOCC1S(=O)C1CCOCC1. The van der Waals surface area contributed by atoms with Crippen molar-refractivity contribution in [2.24, 2.45) is 0 Å². The Labute approximate surface area is 106 Å². The Kier molecular flexibility index (Phi) is 5.41. The Morgan fingerprint density at radius 1 is 1.18 bits per heavy atom. The maximum atomic E-state index is 12.6. The molecule has 2 aliphatic rings. The summed E-state index contributed by atoms with van der Waals surface area (Å²) in [6, 6.07) is 0.359. The molecule has 1 N–H and O–H groups in total. The summed E-state index contributed by atoms with van der Waals surface area (Å²) in [6.45, 7) is 5.99. The third-order valence-corrected chi connectivity index (χ3v) is 5.76.